The van der Waals surface area contributed by atoms with E-state index in [1.807, 2.05) is 30.5 Å². The summed E-state index contributed by atoms with van der Waals surface area (Å²) in [5.74, 6) is 0. The second kappa shape index (κ2) is 5.25. The van der Waals surface area contributed by atoms with E-state index in [9.17, 15) is 5.11 Å². The number of benzene rings is 1. The van der Waals surface area contributed by atoms with Crippen LogP contribution in [0, 0.1) is 0 Å². The van der Waals surface area contributed by atoms with Crippen molar-refractivity contribution in [2.75, 3.05) is 6.54 Å². The lowest BCUT2D eigenvalue weighted by atomic mass is 10.0. The molecule has 3 nitrogen and oxygen atoms in total. The molecule has 0 saturated heterocycles. The molecule has 2 rings (SSSR count). The Morgan fingerprint density at radius 2 is 2.12 bits per heavy atom. The summed E-state index contributed by atoms with van der Waals surface area (Å²) >= 11 is 0. The van der Waals surface area contributed by atoms with Gasteiger partial charge < -0.3 is 10.4 Å². The molecule has 0 spiro atoms. The monoisotopic (exact) mass is 230 g/mol. The van der Waals surface area contributed by atoms with Crippen molar-refractivity contribution >= 4 is 10.8 Å². The first kappa shape index (κ1) is 12.0. The summed E-state index contributed by atoms with van der Waals surface area (Å²) in [7, 11) is 0. The molecular weight excluding hydrogens is 212 g/mol. The van der Waals surface area contributed by atoms with Crippen LogP contribution in [0.15, 0.2) is 36.7 Å². The molecule has 17 heavy (non-hydrogen) atoms. The minimum Gasteiger partial charge on any atom is -0.387 e. The fourth-order valence-electron chi connectivity index (χ4n) is 1.90. The van der Waals surface area contributed by atoms with Gasteiger partial charge in [-0.25, -0.2) is 0 Å². The van der Waals surface area contributed by atoms with E-state index >= 15 is 0 Å². The van der Waals surface area contributed by atoms with Crippen LogP contribution in [-0.4, -0.2) is 22.7 Å². The zero-order valence-corrected chi connectivity index (χ0v) is 10.2. The highest BCUT2D eigenvalue weighted by molar-refractivity contribution is 5.85. The van der Waals surface area contributed by atoms with Gasteiger partial charge in [-0.2, -0.15) is 0 Å². The van der Waals surface area contributed by atoms with Crippen molar-refractivity contribution in [3.63, 3.8) is 0 Å². The fourth-order valence-corrected chi connectivity index (χ4v) is 1.90. The third kappa shape index (κ3) is 2.81. The van der Waals surface area contributed by atoms with Crippen molar-refractivity contribution in [3.8, 4) is 0 Å². The SMILES string of the molecule is CC(C)NCC(O)c1cccc2cnccc12. The molecule has 0 radical (unpaired) electrons. The van der Waals surface area contributed by atoms with Crippen LogP contribution in [0.4, 0.5) is 0 Å². The number of hydrogen-bond acceptors (Lipinski definition) is 3. The number of hydrogen-bond donors (Lipinski definition) is 2. The van der Waals surface area contributed by atoms with E-state index < -0.39 is 6.10 Å². The Kier molecular flexibility index (Phi) is 3.71. The summed E-state index contributed by atoms with van der Waals surface area (Å²) in [6.45, 7) is 4.71. The van der Waals surface area contributed by atoms with E-state index in [2.05, 4.69) is 24.1 Å². The largest absolute Gasteiger partial charge is 0.387 e. The second-order valence-electron chi connectivity index (χ2n) is 4.52. The van der Waals surface area contributed by atoms with Crippen LogP contribution in [0.3, 0.4) is 0 Å². The molecule has 1 unspecified atom stereocenters. The fraction of sp³-hybridized carbons (Fsp3) is 0.357. The molecule has 0 fully saturated rings. The first-order valence-corrected chi connectivity index (χ1v) is 5.92. The molecule has 1 aromatic heterocycles. The van der Waals surface area contributed by atoms with Crippen LogP contribution in [0.2, 0.25) is 0 Å². The van der Waals surface area contributed by atoms with Crippen molar-refractivity contribution in [1.29, 1.82) is 0 Å². The highest BCUT2D eigenvalue weighted by Gasteiger charge is 2.10. The molecule has 2 N–H and O–H groups in total. The molecule has 1 atom stereocenters. The van der Waals surface area contributed by atoms with Crippen LogP contribution >= 0.6 is 0 Å². The maximum atomic E-state index is 10.2. The number of pyridine rings is 1. The second-order valence-corrected chi connectivity index (χ2v) is 4.52. The van der Waals surface area contributed by atoms with Gasteiger partial charge in [-0.1, -0.05) is 32.0 Å². The predicted octanol–water partition coefficient (Wildman–Crippen LogP) is 2.27. The minimum atomic E-state index is -0.483. The van der Waals surface area contributed by atoms with Crippen LogP contribution in [0.5, 0.6) is 0 Å². The molecule has 1 heterocycles. The van der Waals surface area contributed by atoms with Crippen LogP contribution < -0.4 is 5.32 Å². The Labute approximate surface area is 102 Å². The van der Waals surface area contributed by atoms with Gasteiger partial charge in [0.25, 0.3) is 0 Å². The van der Waals surface area contributed by atoms with Crippen molar-refractivity contribution in [2.45, 2.75) is 26.0 Å². The Balaban J connectivity index is 2.28. The lowest BCUT2D eigenvalue weighted by Gasteiger charge is -2.16. The number of aromatic nitrogens is 1. The van der Waals surface area contributed by atoms with Gasteiger partial charge in [0, 0.05) is 30.4 Å². The number of aliphatic hydroxyl groups is 1. The van der Waals surface area contributed by atoms with E-state index in [1.165, 1.54) is 0 Å². The summed E-state index contributed by atoms with van der Waals surface area (Å²) in [5, 5.41) is 15.6. The quantitative estimate of drug-likeness (QED) is 0.847. The van der Waals surface area contributed by atoms with Crippen molar-refractivity contribution in [2.24, 2.45) is 0 Å². The van der Waals surface area contributed by atoms with Crippen LogP contribution in [0.1, 0.15) is 25.5 Å². The Bertz CT molecular complexity index is 491. The van der Waals surface area contributed by atoms with Gasteiger partial charge in [0.05, 0.1) is 6.10 Å². The lowest BCUT2D eigenvalue weighted by molar-refractivity contribution is 0.173. The van der Waals surface area contributed by atoms with Gasteiger partial charge in [0.15, 0.2) is 0 Å². The van der Waals surface area contributed by atoms with Gasteiger partial charge in [-0.3, -0.25) is 4.98 Å². The smallest absolute Gasteiger partial charge is 0.0920 e. The van der Waals surface area contributed by atoms with Gasteiger partial charge in [-0.05, 0) is 17.0 Å². The number of aliphatic hydroxyl groups excluding tert-OH is 1. The maximum absolute atomic E-state index is 10.2. The molecule has 0 bridgehead atoms. The topological polar surface area (TPSA) is 45.1 Å². The summed E-state index contributed by atoms with van der Waals surface area (Å²) in [4.78, 5) is 4.09. The molecule has 0 saturated carbocycles. The highest BCUT2D eigenvalue weighted by Crippen LogP contribution is 2.23. The lowest BCUT2D eigenvalue weighted by Crippen LogP contribution is -2.27. The zero-order chi connectivity index (χ0) is 12.3. The van der Waals surface area contributed by atoms with Gasteiger partial charge in [-0.15, -0.1) is 0 Å². The Morgan fingerprint density at radius 3 is 2.88 bits per heavy atom. The standard InChI is InChI=1S/C14H18N2O/c1-10(2)16-9-14(17)13-5-3-4-11-8-15-7-6-12(11)13/h3-8,10,14,16-17H,9H2,1-2H3. The minimum absolute atomic E-state index is 0.376. The van der Waals surface area contributed by atoms with Crippen LogP contribution in [0.25, 0.3) is 10.8 Å². The molecule has 0 aliphatic carbocycles. The highest BCUT2D eigenvalue weighted by atomic mass is 16.3. The average Bonchev–Trinajstić information content (AvgIpc) is 2.35. The average molecular weight is 230 g/mol. The Morgan fingerprint density at radius 1 is 1.29 bits per heavy atom. The van der Waals surface area contributed by atoms with E-state index in [4.69, 9.17) is 0 Å². The number of nitrogens with one attached hydrogen (secondary N) is 1. The molecule has 3 heteroatoms. The normalized spacial score (nSPS) is 13.2. The molecule has 0 aliphatic heterocycles. The van der Waals surface area contributed by atoms with Crippen molar-refractivity contribution < 1.29 is 5.11 Å². The summed E-state index contributed by atoms with van der Waals surface area (Å²) < 4.78 is 0. The van der Waals surface area contributed by atoms with Crippen molar-refractivity contribution in [3.05, 3.63) is 42.2 Å². The number of fused-ring (bicyclic) bond motifs is 1. The first-order valence-electron chi connectivity index (χ1n) is 5.92. The summed E-state index contributed by atoms with van der Waals surface area (Å²) in [6, 6.07) is 8.26. The zero-order valence-electron chi connectivity index (χ0n) is 10.2. The van der Waals surface area contributed by atoms with E-state index in [-0.39, 0.29) is 0 Å². The van der Waals surface area contributed by atoms with E-state index in [0.29, 0.717) is 12.6 Å². The van der Waals surface area contributed by atoms with Gasteiger partial charge >= 0.3 is 0 Å². The van der Waals surface area contributed by atoms with Crippen LogP contribution in [-0.2, 0) is 0 Å². The molecule has 1 aromatic carbocycles. The van der Waals surface area contributed by atoms with E-state index in [0.717, 1.165) is 16.3 Å². The van der Waals surface area contributed by atoms with Crippen molar-refractivity contribution in [1.82, 2.24) is 10.3 Å². The number of rotatable bonds is 4. The predicted molar refractivity (Wildman–Crippen MR) is 69.8 cm³/mol. The molecule has 90 valence electrons. The van der Waals surface area contributed by atoms with Gasteiger partial charge in [0.1, 0.15) is 0 Å². The molecule has 0 aliphatic rings. The maximum Gasteiger partial charge on any atom is 0.0920 e. The Hall–Kier alpha value is -1.45. The summed E-state index contributed by atoms with van der Waals surface area (Å²) in [6.07, 6.45) is 3.10. The third-order valence-corrected chi connectivity index (χ3v) is 2.79. The van der Waals surface area contributed by atoms with E-state index in [1.54, 1.807) is 6.20 Å². The molecule has 2 aromatic rings. The number of nitrogens with zero attached hydrogens (tertiary/aromatic N) is 1. The summed E-state index contributed by atoms with van der Waals surface area (Å²) in [5.41, 5.74) is 0.957. The van der Waals surface area contributed by atoms with Gasteiger partial charge in [0.2, 0.25) is 0 Å². The third-order valence-electron chi connectivity index (χ3n) is 2.79. The molecular formula is C14H18N2O. The first-order chi connectivity index (χ1) is 8.18. The molecule has 0 amide bonds.